The highest BCUT2D eigenvalue weighted by atomic mass is 35.5. The van der Waals surface area contributed by atoms with Crippen LogP contribution in [0.15, 0.2) is 11.4 Å². The van der Waals surface area contributed by atoms with Gasteiger partial charge in [0.1, 0.15) is 0 Å². The second kappa shape index (κ2) is 5.89. The zero-order chi connectivity index (χ0) is 11.0. The fourth-order valence-corrected chi connectivity index (χ4v) is 3.94. The second-order valence-electron chi connectivity index (χ2n) is 4.85. The smallest absolute Gasteiger partial charge is 0.0558 e. The summed E-state index contributed by atoms with van der Waals surface area (Å²) in [5, 5.41) is 6.73. The van der Waals surface area contributed by atoms with E-state index < -0.39 is 0 Å². The molecule has 0 aromatic carbocycles. The summed E-state index contributed by atoms with van der Waals surface area (Å²) in [6.45, 7) is 3.43. The van der Waals surface area contributed by atoms with Gasteiger partial charge in [-0.2, -0.15) is 0 Å². The molecule has 3 rings (SSSR count). The van der Waals surface area contributed by atoms with Gasteiger partial charge in [0.05, 0.1) is 5.02 Å². The van der Waals surface area contributed by atoms with E-state index in [2.05, 4.69) is 15.6 Å². The van der Waals surface area contributed by atoms with Crippen LogP contribution in [-0.2, 0) is 6.54 Å². The standard InChI is InChI=1S/C12H17ClN2S.ClH/c13-11-4-6-16-12(11)8-15-5-3-9-1-2-10(7-15)14-9;/h4,6,9-10,14H,1-3,5,7-8H2;1H. The Hall–Kier alpha value is 0.200. The van der Waals surface area contributed by atoms with Crippen LogP contribution in [0.2, 0.25) is 5.02 Å². The number of hydrogen-bond donors (Lipinski definition) is 1. The lowest BCUT2D eigenvalue weighted by atomic mass is 10.1. The Morgan fingerprint density at radius 1 is 1.35 bits per heavy atom. The number of nitrogens with one attached hydrogen (secondary N) is 1. The maximum absolute atomic E-state index is 6.15. The lowest BCUT2D eigenvalue weighted by Gasteiger charge is -2.23. The van der Waals surface area contributed by atoms with Crippen molar-refractivity contribution in [3.05, 3.63) is 21.3 Å². The van der Waals surface area contributed by atoms with Crippen molar-refractivity contribution in [1.29, 1.82) is 0 Å². The normalized spacial score (nSPS) is 28.8. The largest absolute Gasteiger partial charge is 0.310 e. The van der Waals surface area contributed by atoms with Crippen LogP contribution in [-0.4, -0.2) is 30.1 Å². The van der Waals surface area contributed by atoms with Crippen molar-refractivity contribution >= 4 is 35.3 Å². The molecule has 0 aliphatic carbocycles. The van der Waals surface area contributed by atoms with E-state index in [0.717, 1.165) is 17.6 Å². The molecule has 0 saturated carbocycles. The van der Waals surface area contributed by atoms with Crippen molar-refractivity contribution in [2.24, 2.45) is 0 Å². The summed E-state index contributed by atoms with van der Waals surface area (Å²) >= 11 is 7.92. The highest BCUT2D eigenvalue weighted by molar-refractivity contribution is 7.10. The SMILES string of the molecule is Cl.Clc1ccsc1CN1CCC2CCC(C1)N2. The van der Waals surface area contributed by atoms with Crippen molar-refractivity contribution in [1.82, 2.24) is 10.2 Å². The van der Waals surface area contributed by atoms with Crippen LogP contribution in [0.25, 0.3) is 0 Å². The monoisotopic (exact) mass is 292 g/mol. The van der Waals surface area contributed by atoms with Gasteiger partial charge in [-0.05, 0) is 30.7 Å². The zero-order valence-electron chi connectivity index (χ0n) is 9.69. The van der Waals surface area contributed by atoms with Crippen molar-refractivity contribution in [3.8, 4) is 0 Å². The van der Waals surface area contributed by atoms with E-state index in [0.29, 0.717) is 6.04 Å². The van der Waals surface area contributed by atoms with Gasteiger partial charge in [-0.1, -0.05) is 11.6 Å². The summed E-state index contributed by atoms with van der Waals surface area (Å²) < 4.78 is 0. The number of rotatable bonds is 2. The number of thiophene rings is 1. The molecule has 0 radical (unpaired) electrons. The molecule has 96 valence electrons. The van der Waals surface area contributed by atoms with Crippen LogP contribution in [0, 0.1) is 0 Å². The quantitative estimate of drug-likeness (QED) is 0.901. The Morgan fingerprint density at radius 2 is 2.18 bits per heavy atom. The Bertz CT molecular complexity index is 369. The van der Waals surface area contributed by atoms with Crippen molar-refractivity contribution < 1.29 is 0 Å². The average Bonchev–Trinajstić information content (AvgIpc) is 2.78. The second-order valence-corrected chi connectivity index (χ2v) is 6.26. The van der Waals surface area contributed by atoms with E-state index in [1.165, 1.54) is 37.2 Å². The molecule has 2 aliphatic heterocycles. The molecule has 5 heteroatoms. The lowest BCUT2D eigenvalue weighted by molar-refractivity contribution is 0.253. The first-order valence-electron chi connectivity index (χ1n) is 6.01. The fraction of sp³-hybridized carbons (Fsp3) is 0.667. The Labute approximate surface area is 118 Å². The van der Waals surface area contributed by atoms with Crippen LogP contribution in [0.1, 0.15) is 24.1 Å². The minimum absolute atomic E-state index is 0. The Morgan fingerprint density at radius 3 is 2.94 bits per heavy atom. The first kappa shape index (κ1) is 13.6. The van der Waals surface area contributed by atoms with Crippen LogP contribution >= 0.6 is 35.3 Å². The molecule has 17 heavy (non-hydrogen) atoms. The van der Waals surface area contributed by atoms with Gasteiger partial charge in [0.25, 0.3) is 0 Å². The minimum atomic E-state index is 0. The molecule has 2 unspecified atom stereocenters. The molecule has 0 amide bonds. The van der Waals surface area contributed by atoms with Gasteiger partial charge in [-0.25, -0.2) is 0 Å². The van der Waals surface area contributed by atoms with E-state index in [4.69, 9.17) is 11.6 Å². The van der Waals surface area contributed by atoms with E-state index in [1.54, 1.807) is 11.3 Å². The summed E-state index contributed by atoms with van der Waals surface area (Å²) in [6, 6.07) is 3.49. The number of nitrogens with zero attached hydrogens (tertiary/aromatic N) is 1. The third-order valence-electron chi connectivity index (χ3n) is 3.67. The van der Waals surface area contributed by atoms with E-state index in [9.17, 15) is 0 Å². The maximum atomic E-state index is 6.15. The summed E-state index contributed by atoms with van der Waals surface area (Å²) in [4.78, 5) is 3.87. The summed E-state index contributed by atoms with van der Waals surface area (Å²) in [5.41, 5.74) is 0. The van der Waals surface area contributed by atoms with Gasteiger partial charge in [-0.15, -0.1) is 23.7 Å². The third kappa shape index (κ3) is 3.15. The Balaban J connectivity index is 0.00000108. The van der Waals surface area contributed by atoms with Gasteiger partial charge in [0.15, 0.2) is 0 Å². The summed E-state index contributed by atoms with van der Waals surface area (Å²) in [5.74, 6) is 0. The van der Waals surface area contributed by atoms with Crippen molar-refractivity contribution in [2.45, 2.75) is 37.9 Å². The summed E-state index contributed by atoms with van der Waals surface area (Å²) in [6.07, 6.45) is 4.01. The predicted octanol–water partition coefficient (Wildman–Crippen LogP) is 3.15. The molecule has 2 fully saturated rings. The summed E-state index contributed by atoms with van der Waals surface area (Å²) in [7, 11) is 0. The van der Waals surface area contributed by atoms with Crippen LogP contribution < -0.4 is 5.32 Å². The highest BCUT2D eigenvalue weighted by Crippen LogP contribution is 2.26. The molecular weight excluding hydrogens is 275 g/mol. The van der Waals surface area contributed by atoms with Gasteiger partial charge < -0.3 is 5.32 Å². The molecule has 2 atom stereocenters. The predicted molar refractivity (Wildman–Crippen MR) is 76.4 cm³/mol. The van der Waals surface area contributed by atoms with Crippen LogP contribution in [0.3, 0.4) is 0 Å². The number of likely N-dealkylation sites (tertiary alicyclic amines) is 1. The molecule has 1 aromatic rings. The fourth-order valence-electron chi connectivity index (χ4n) is 2.80. The third-order valence-corrected chi connectivity index (χ3v) is 5.04. The van der Waals surface area contributed by atoms with Gasteiger partial charge >= 0.3 is 0 Å². The zero-order valence-corrected chi connectivity index (χ0v) is 12.1. The van der Waals surface area contributed by atoms with Gasteiger partial charge in [-0.3, -0.25) is 4.90 Å². The number of halogens is 2. The number of hydrogen-bond acceptors (Lipinski definition) is 3. The Kier molecular flexibility index (Phi) is 4.72. The van der Waals surface area contributed by atoms with E-state index in [-0.39, 0.29) is 12.4 Å². The molecule has 1 N–H and O–H groups in total. The minimum Gasteiger partial charge on any atom is -0.310 e. The first-order valence-corrected chi connectivity index (χ1v) is 7.27. The number of fused-ring (bicyclic) bond motifs is 2. The van der Waals surface area contributed by atoms with E-state index in [1.807, 2.05) is 6.07 Å². The topological polar surface area (TPSA) is 15.3 Å². The highest BCUT2D eigenvalue weighted by Gasteiger charge is 2.29. The van der Waals surface area contributed by atoms with E-state index >= 15 is 0 Å². The molecule has 2 aliphatic rings. The molecule has 2 bridgehead atoms. The van der Waals surface area contributed by atoms with Crippen LogP contribution in [0.4, 0.5) is 0 Å². The first-order chi connectivity index (χ1) is 7.81. The molecule has 2 saturated heterocycles. The average molecular weight is 293 g/mol. The molecule has 0 spiro atoms. The van der Waals surface area contributed by atoms with Gasteiger partial charge in [0.2, 0.25) is 0 Å². The van der Waals surface area contributed by atoms with Gasteiger partial charge in [0, 0.05) is 36.6 Å². The van der Waals surface area contributed by atoms with Crippen LogP contribution in [0.5, 0.6) is 0 Å². The molecule has 1 aromatic heterocycles. The lowest BCUT2D eigenvalue weighted by Crippen LogP contribution is -2.34. The van der Waals surface area contributed by atoms with Crippen molar-refractivity contribution in [2.75, 3.05) is 13.1 Å². The molecule has 2 nitrogen and oxygen atoms in total. The molecular formula is C12H18Cl2N2S. The maximum Gasteiger partial charge on any atom is 0.0558 e. The molecule has 3 heterocycles. The van der Waals surface area contributed by atoms with Crippen molar-refractivity contribution in [3.63, 3.8) is 0 Å².